The van der Waals surface area contributed by atoms with Crippen molar-refractivity contribution in [3.63, 3.8) is 0 Å². The number of nitrogens with zero attached hydrogens (tertiary/aromatic N) is 1. The summed E-state index contributed by atoms with van der Waals surface area (Å²) in [6.07, 6.45) is 23.4. The summed E-state index contributed by atoms with van der Waals surface area (Å²) in [5.41, 5.74) is 0. The molecular weight excluding hydrogens is 388 g/mol. The van der Waals surface area contributed by atoms with Gasteiger partial charge in [-0.15, -0.1) is 0 Å². The Hall–Kier alpha value is -1.10. The minimum atomic E-state index is -0.241. The molecule has 0 aliphatic carbocycles. The van der Waals surface area contributed by atoms with Crippen LogP contribution in [0.2, 0.25) is 0 Å². The van der Waals surface area contributed by atoms with Gasteiger partial charge in [-0.2, -0.15) is 0 Å². The maximum atomic E-state index is 11.9. The number of carbonyl (C=O) groups excluding carboxylic acids is 2. The zero-order chi connectivity index (χ0) is 23.0. The van der Waals surface area contributed by atoms with E-state index < -0.39 is 0 Å². The van der Waals surface area contributed by atoms with Crippen LogP contribution in [0.25, 0.3) is 0 Å². The molecule has 0 heterocycles. The van der Waals surface area contributed by atoms with Crippen molar-refractivity contribution in [2.45, 2.75) is 142 Å². The van der Waals surface area contributed by atoms with Gasteiger partial charge in [0, 0.05) is 19.4 Å². The number of unbranched alkanes of at least 4 members (excludes halogenated alkanes) is 16. The van der Waals surface area contributed by atoms with Crippen molar-refractivity contribution in [2.24, 2.45) is 0 Å². The van der Waals surface area contributed by atoms with Crippen molar-refractivity contribution in [3.8, 4) is 0 Å². The summed E-state index contributed by atoms with van der Waals surface area (Å²) in [5.74, 6) is -0.244. The van der Waals surface area contributed by atoms with E-state index in [1.807, 2.05) is 0 Å². The van der Waals surface area contributed by atoms with Gasteiger partial charge < -0.3 is 5.32 Å². The van der Waals surface area contributed by atoms with Gasteiger partial charge in [-0.25, -0.2) is 5.06 Å². The van der Waals surface area contributed by atoms with Gasteiger partial charge >= 0.3 is 0 Å². The monoisotopic (exact) mass is 440 g/mol. The molecule has 0 atom stereocenters. The van der Waals surface area contributed by atoms with Crippen LogP contribution < -0.4 is 5.32 Å². The number of hydrogen-bond acceptors (Lipinski definition) is 3. The molecule has 0 aromatic heterocycles. The van der Waals surface area contributed by atoms with Gasteiger partial charge in [-0.05, 0) is 12.8 Å². The van der Waals surface area contributed by atoms with E-state index in [-0.39, 0.29) is 18.4 Å². The maximum absolute atomic E-state index is 11.9. The molecule has 0 spiro atoms. The van der Waals surface area contributed by atoms with E-state index in [2.05, 4.69) is 19.2 Å². The third kappa shape index (κ3) is 21.9. The number of hydrogen-bond donors (Lipinski definition) is 2. The van der Waals surface area contributed by atoms with Crippen LogP contribution in [-0.4, -0.2) is 35.2 Å². The first-order valence-corrected chi connectivity index (χ1v) is 13.4. The zero-order valence-corrected chi connectivity index (χ0v) is 20.8. The van der Waals surface area contributed by atoms with Gasteiger partial charge in [0.05, 0.1) is 6.54 Å². The summed E-state index contributed by atoms with van der Waals surface area (Å²) in [6, 6.07) is 0. The van der Waals surface area contributed by atoms with E-state index >= 15 is 0 Å². The third-order valence-electron chi connectivity index (χ3n) is 5.94. The highest BCUT2D eigenvalue weighted by molar-refractivity contribution is 5.76. The predicted octanol–water partition coefficient (Wildman–Crippen LogP) is 7.16. The van der Waals surface area contributed by atoms with Gasteiger partial charge in [0.1, 0.15) is 0 Å². The standard InChI is InChI=1S/C26H52N2O3/c1-3-5-7-8-9-10-11-12-13-14-15-16-17-18-20-22-26(30)28(31)24-23-27-25(29)21-19-6-4-2/h31H,3-24H2,1-2H3,(H,27,29). The van der Waals surface area contributed by atoms with Crippen LogP contribution in [0.5, 0.6) is 0 Å². The Morgan fingerprint density at radius 1 is 0.613 bits per heavy atom. The maximum Gasteiger partial charge on any atom is 0.245 e. The molecule has 0 aromatic carbocycles. The highest BCUT2D eigenvalue weighted by Crippen LogP contribution is 2.13. The van der Waals surface area contributed by atoms with Crippen molar-refractivity contribution >= 4 is 11.8 Å². The minimum absolute atomic E-state index is 0.00305. The number of amides is 2. The third-order valence-corrected chi connectivity index (χ3v) is 5.94. The van der Waals surface area contributed by atoms with E-state index in [1.54, 1.807) is 0 Å². The molecule has 0 aromatic rings. The second-order valence-corrected chi connectivity index (χ2v) is 9.02. The van der Waals surface area contributed by atoms with Gasteiger partial charge in [-0.3, -0.25) is 14.8 Å². The summed E-state index contributed by atoms with van der Waals surface area (Å²) < 4.78 is 0. The molecule has 0 radical (unpaired) electrons. The van der Waals surface area contributed by atoms with Crippen LogP contribution in [0.15, 0.2) is 0 Å². The lowest BCUT2D eigenvalue weighted by atomic mass is 10.0. The molecule has 0 aliphatic rings. The summed E-state index contributed by atoms with van der Waals surface area (Å²) in [6.45, 7) is 4.85. The largest absolute Gasteiger partial charge is 0.354 e. The number of hydroxylamine groups is 2. The second-order valence-electron chi connectivity index (χ2n) is 9.02. The quantitative estimate of drug-likeness (QED) is 0.101. The molecule has 0 fully saturated rings. The van der Waals surface area contributed by atoms with E-state index in [4.69, 9.17) is 0 Å². The predicted molar refractivity (Wildman–Crippen MR) is 130 cm³/mol. The fourth-order valence-electron chi connectivity index (χ4n) is 3.83. The van der Waals surface area contributed by atoms with E-state index in [0.717, 1.165) is 37.2 Å². The lowest BCUT2D eigenvalue weighted by molar-refractivity contribution is -0.165. The molecule has 5 nitrogen and oxygen atoms in total. The summed E-state index contributed by atoms with van der Waals surface area (Å²) in [5, 5.41) is 13.3. The molecule has 0 unspecified atom stereocenters. The highest BCUT2D eigenvalue weighted by Gasteiger charge is 2.10. The number of carbonyl (C=O) groups is 2. The van der Waals surface area contributed by atoms with Gasteiger partial charge in [0.25, 0.3) is 0 Å². The lowest BCUT2D eigenvalue weighted by Gasteiger charge is -2.15. The molecule has 2 N–H and O–H groups in total. The molecule has 0 saturated carbocycles. The summed E-state index contributed by atoms with van der Waals surface area (Å²) in [7, 11) is 0. The van der Waals surface area contributed by atoms with Crippen molar-refractivity contribution in [3.05, 3.63) is 0 Å². The Morgan fingerprint density at radius 2 is 1.00 bits per heavy atom. The summed E-state index contributed by atoms with van der Waals surface area (Å²) >= 11 is 0. The van der Waals surface area contributed by atoms with Crippen molar-refractivity contribution in [1.29, 1.82) is 0 Å². The van der Waals surface area contributed by atoms with E-state index in [0.29, 0.717) is 19.4 Å². The van der Waals surface area contributed by atoms with Crippen molar-refractivity contribution < 1.29 is 14.8 Å². The van der Waals surface area contributed by atoms with Crippen LogP contribution >= 0.6 is 0 Å². The molecule has 0 saturated heterocycles. The fourth-order valence-corrected chi connectivity index (χ4v) is 3.83. The molecule has 0 rings (SSSR count). The van der Waals surface area contributed by atoms with Crippen LogP contribution in [0.3, 0.4) is 0 Å². The van der Waals surface area contributed by atoms with Gasteiger partial charge in [-0.1, -0.05) is 117 Å². The Labute approximate surface area is 192 Å². The van der Waals surface area contributed by atoms with Crippen LogP contribution in [0, 0.1) is 0 Å². The smallest absolute Gasteiger partial charge is 0.245 e. The molecular formula is C26H52N2O3. The topological polar surface area (TPSA) is 69.6 Å². The average molecular weight is 441 g/mol. The van der Waals surface area contributed by atoms with Gasteiger partial charge in [0.15, 0.2) is 0 Å². The first kappa shape index (κ1) is 29.9. The lowest BCUT2D eigenvalue weighted by Crippen LogP contribution is -2.36. The molecule has 184 valence electrons. The van der Waals surface area contributed by atoms with Crippen molar-refractivity contribution in [2.75, 3.05) is 13.1 Å². The van der Waals surface area contributed by atoms with Crippen LogP contribution in [0.4, 0.5) is 0 Å². The number of nitrogens with one attached hydrogen (secondary N) is 1. The second kappa shape index (κ2) is 23.6. The SMILES string of the molecule is CCCCCCCCCCCCCCCCCC(=O)N(O)CCNC(=O)CCCCC. The number of rotatable bonds is 23. The molecule has 0 bridgehead atoms. The van der Waals surface area contributed by atoms with Crippen molar-refractivity contribution in [1.82, 2.24) is 10.4 Å². The highest BCUT2D eigenvalue weighted by atomic mass is 16.5. The zero-order valence-electron chi connectivity index (χ0n) is 20.8. The Balaban J connectivity index is 3.37. The normalized spacial score (nSPS) is 10.9. The van der Waals surface area contributed by atoms with E-state index in [9.17, 15) is 14.8 Å². The Bertz CT molecular complexity index is 415. The van der Waals surface area contributed by atoms with Crippen LogP contribution in [-0.2, 0) is 9.59 Å². The van der Waals surface area contributed by atoms with Gasteiger partial charge in [0.2, 0.25) is 11.8 Å². The molecule has 5 heteroatoms. The molecule has 2 amide bonds. The first-order chi connectivity index (χ1) is 15.1. The Kier molecular flexibility index (Phi) is 22.7. The molecule has 31 heavy (non-hydrogen) atoms. The minimum Gasteiger partial charge on any atom is -0.354 e. The average Bonchev–Trinajstić information content (AvgIpc) is 2.76. The first-order valence-electron chi connectivity index (χ1n) is 13.4. The molecule has 0 aliphatic heterocycles. The summed E-state index contributed by atoms with van der Waals surface area (Å²) in [4.78, 5) is 23.5. The van der Waals surface area contributed by atoms with Crippen LogP contribution in [0.1, 0.15) is 142 Å². The Morgan fingerprint density at radius 3 is 1.48 bits per heavy atom. The van der Waals surface area contributed by atoms with E-state index in [1.165, 1.54) is 83.5 Å². The fraction of sp³-hybridized carbons (Fsp3) is 0.923.